The van der Waals surface area contributed by atoms with Gasteiger partial charge in [0.2, 0.25) is 0 Å². The van der Waals surface area contributed by atoms with E-state index in [0.717, 1.165) is 9.35 Å². The first-order valence-corrected chi connectivity index (χ1v) is 8.51. The molecule has 116 valence electrons. The largest absolute Gasteiger partial charge is 0.483 e. The van der Waals surface area contributed by atoms with Crippen molar-refractivity contribution in [2.45, 2.75) is 19.8 Å². The summed E-state index contributed by atoms with van der Waals surface area (Å²) in [4.78, 5) is 12.6. The Hall–Kier alpha value is -1.66. The summed E-state index contributed by atoms with van der Waals surface area (Å²) in [7, 11) is 0. The topological polar surface area (TPSA) is 50.7 Å². The maximum absolute atomic E-state index is 11.7. The third-order valence-corrected chi connectivity index (χ3v) is 4.33. The van der Waals surface area contributed by atoms with Gasteiger partial charge < -0.3 is 4.74 Å². The minimum atomic E-state index is -0.298. The summed E-state index contributed by atoms with van der Waals surface area (Å²) >= 11 is 5.01. The van der Waals surface area contributed by atoms with Crippen molar-refractivity contribution in [3.63, 3.8) is 0 Å². The Balaban J connectivity index is 1.83. The number of hydrogen-bond acceptors (Lipinski definition) is 4. The quantitative estimate of drug-likeness (QED) is 0.603. The minimum absolute atomic E-state index is 0.0819. The second-order valence-electron chi connectivity index (χ2n) is 4.94. The highest BCUT2D eigenvalue weighted by atomic mass is 79.9. The molecule has 0 aliphatic rings. The van der Waals surface area contributed by atoms with E-state index in [2.05, 4.69) is 40.3 Å². The fraction of sp³-hybridized carbons (Fsp3) is 0.250. The van der Waals surface area contributed by atoms with Crippen molar-refractivity contribution in [2.24, 2.45) is 5.10 Å². The Morgan fingerprint density at radius 2 is 2.27 bits per heavy atom. The Morgan fingerprint density at radius 1 is 1.45 bits per heavy atom. The van der Waals surface area contributed by atoms with Crippen LogP contribution in [-0.4, -0.2) is 18.7 Å². The third kappa shape index (κ3) is 4.96. The van der Waals surface area contributed by atoms with Gasteiger partial charge in [0, 0.05) is 4.88 Å². The standard InChI is InChI=1S/C16H17BrN2O2S/c1-11(2)12-5-6-15(14(17)8-12)21-10-16(20)19-18-9-13-4-3-7-22-13/h3-9,11H,10H2,1-2H3,(H,19,20)/b18-9+. The second-order valence-corrected chi connectivity index (χ2v) is 6.78. The van der Waals surface area contributed by atoms with Crippen LogP contribution in [0.1, 0.15) is 30.2 Å². The van der Waals surface area contributed by atoms with E-state index < -0.39 is 0 Å². The van der Waals surface area contributed by atoms with Crippen molar-refractivity contribution in [3.05, 3.63) is 50.6 Å². The van der Waals surface area contributed by atoms with Crippen LogP contribution >= 0.6 is 27.3 Å². The Morgan fingerprint density at radius 3 is 2.91 bits per heavy atom. The first kappa shape index (κ1) is 16.7. The number of amides is 1. The number of carbonyl (C=O) groups is 1. The van der Waals surface area contributed by atoms with Gasteiger partial charge in [-0.3, -0.25) is 4.79 Å². The number of hydrazone groups is 1. The summed E-state index contributed by atoms with van der Waals surface area (Å²) in [6.07, 6.45) is 1.61. The summed E-state index contributed by atoms with van der Waals surface area (Å²) in [6, 6.07) is 9.71. The molecule has 1 N–H and O–H groups in total. The molecule has 1 heterocycles. The van der Waals surface area contributed by atoms with Crippen LogP contribution < -0.4 is 10.2 Å². The molecule has 2 rings (SSSR count). The number of hydrogen-bond donors (Lipinski definition) is 1. The summed E-state index contributed by atoms with van der Waals surface area (Å²) in [5.41, 5.74) is 3.65. The third-order valence-electron chi connectivity index (χ3n) is 2.91. The summed E-state index contributed by atoms with van der Waals surface area (Å²) in [5.74, 6) is 0.787. The van der Waals surface area contributed by atoms with Gasteiger partial charge in [-0.15, -0.1) is 11.3 Å². The Bertz CT molecular complexity index is 654. The van der Waals surface area contributed by atoms with E-state index in [1.54, 1.807) is 17.6 Å². The maximum atomic E-state index is 11.7. The molecule has 0 spiro atoms. The lowest BCUT2D eigenvalue weighted by molar-refractivity contribution is -0.123. The van der Waals surface area contributed by atoms with Gasteiger partial charge in [-0.1, -0.05) is 26.0 Å². The molecular formula is C16H17BrN2O2S. The first-order chi connectivity index (χ1) is 10.6. The average molecular weight is 381 g/mol. The van der Waals surface area contributed by atoms with Crippen molar-refractivity contribution in [1.82, 2.24) is 5.43 Å². The molecule has 0 atom stereocenters. The van der Waals surface area contributed by atoms with Gasteiger partial charge in [-0.05, 0) is 51.0 Å². The van der Waals surface area contributed by atoms with Crippen LogP contribution in [0.4, 0.5) is 0 Å². The fourth-order valence-corrected chi connectivity index (χ4v) is 2.80. The maximum Gasteiger partial charge on any atom is 0.277 e. The predicted octanol–water partition coefficient (Wildman–Crippen LogP) is 4.16. The molecule has 0 aliphatic carbocycles. The van der Waals surface area contributed by atoms with Crippen molar-refractivity contribution in [3.8, 4) is 5.75 Å². The zero-order chi connectivity index (χ0) is 15.9. The van der Waals surface area contributed by atoms with E-state index >= 15 is 0 Å². The number of rotatable bonds is 6. The van der Waals surface area contributed by atoms with Crippen molar-refractivity contribution >= 4 is 39.4 Å². The summed E-state index contributed by atoms with van der Waals surface area (Å²) in [5, 5.41) is 5.83. The Labute approximate surface area is 142 Å². The van der Waals surface area contributed by atoms with Gasteiger partial charge in [0.05, 0.1) is 10.7 Å². The molecule has 0 saturated carbocycles. The molecule has 22 heavy (non-hydrogen) atoms. The number of thiophene rings is 1. The van der Waals surface area contributed by atoms with Crippen molar-refractivity contribution < 1.29 is 9.53 Å². The van der Waals surface area contributed by atoms with E-state index in [1.807, 2.05) is 35.7 Å². The molecule has 4 nitrogen and oxygen atoms in total. The van der Waals surface area contributed by atoms with Crippen LogP contribution in [0.15, 0.2) is 45.3 Å². The molecule has 1 aromatic heterocycles. The molecule has 6 heteroatoms. The van der Waals surface area contributed by atoms with Gasteiger partial charge in [-0.25, -0.2) is 5.43 Å². The summed E-state index contributed by atoms with van der Waals surface area (Å²) < 4.78 is 6.33. The lowest BCUT2D eigenvalue weighted by Crippen LogP contribution is -2.24. The van der Waals surface area contributed by atoms with Crippen LogP contribution in [0, 0.1) is 0 Å². The van der Waals surface area contributed by atoms with E-state index in [1.165, 1.54) is 5.56 Å². The monoisotopic (exact) mass is 380 g/mol. The minimum Gasteiger partial charge on any atom is -0.483 e. The van der Waals surface area contributed by atoms with E-state index in [9.17, 15) is 4.79 Å². The molecule has 0 saturated heterocycles. The highest BCUT2D eigenvalue weighted by Gasteiger charge is 2.07. The smallest absolute Gasteiger partial charge is 0.277 e. The highest BCUT2D eigenvalue weighted by molar-refractivity contribution is 9.10. The molecule has 0 aliphatic heterocycles. The van der Waals surface area contributed by atoms with Gasteiger partial charge in [0.25, 0.3) is 5.91 Å². The zero-order valence-electron chi connectivity index (χ0n) is 12.4. The van der Waals surface area contributed by atoms with Crippen LogP contribution in [0.3, 0.4) is 0 Å². The van der Waals surface area contributed by atoms with E-state index in [0.29, 0.717) is 11.7 Å². The van der Waals surface area contributed by atoms with E-state index in [4.69, 9.17) is 4.74 Å². The number of nitrogens with zero attached hydrogens (tertiary/aromatic N) is 1. The number of nitrogens with one attached hydrogen (secondary N) is 1. The van der Waals surface area contributed by atoms with Crippen molar-refractivity contribution in [1.29, 1.82) is 0 Å². The molecule has 0 bridgehead atoms. The van der Waals surface area contributed by atoms with E-state index in [-0.39, 0.29) is 12.5 Å². The van der Waals surface area contributed by atoms with Crippen LogP contribution in [0.2, 0.25) is 0 Å². The number of carbonyl (C=O) groups excluding carboxylic acids is 1. The molecule has 0 radical (unpaired) electrons. The van der Waals surface area contributed by atoms with Gasteiger partial charge in [0.1, 0.15) is 5.75 Å². The normalized spacial score (nSPS) is 11.1. The van der Waals surface area contributed by atoms with Crippen molar-refractivity contribution in [2.75, 3.05) is 6.61 Å². The van der Waals surface area contributed by atoms with Crippen LogP contribution in [-0.2, 0) is 4.79 Å². The Kier molecular flexibility index (Phi) is 6.15. The predicted molar refractivity (Wildman–Crippen MR) is 93.8 cm³/mol. The molecule has 0 unspecified atom stereocenters. The highest BCUT2D eigenvalue weighted by Crippen LogP contribution is 2.28. The lowest BCUT2D eigenvalue weighted by atomic mass is 10.0. The molecule has 1 amide bonds. The first-order valence-electron chi connectivity index (χ1n) is 6.84. The van der Waals surface area contributed by atoms with Crippen LogP contribution in [0.25, 0.3) is 0 Å². The van der Waals surface area contributed by atoms with Gasteiger partial charge >= 0.3 is 0 Å². The molecule has 0 fully saturated rings. The molecule has 1 aromatic carbocycles. The lowest BCUT2D eigenvalue weighted by Gasteiger charge is -2.10. The number of halogens is 1. The second kappa shape index (κ2) is 8.10. The van der Waals surface area contributed by atoms with Crippen LogP contribution in [0.5, 0.6) is 5.75 Å². The fourth-order valence-electron chi connectivity index (χ4n) is 1.70. The number of benzene rings is 1. The SMILES string of the molecule is CC(C)c1ccc(OCC(=O)N/N=C/c2cccs2)c(Br)c1. The van der Waals surface area contributed by atoms with Gasteiger partial charge in [-0.2, -0.15) is 5.10 Å². The zero-order valence-corrected chi connectivity index (χ0v) is 14.8. The number of ether oxygens (including phenoxy) is 1. The van der Waals surface area contributed by atoms with Gasteiger partial charge in [0.15, 0.2) is 6.61 Å². The molecule has 2 aromatic rings. The summed E-state index contributed by atoms with van der Waals surface area (Å²) in [6.45, 7) is 4.17. The average Bonchev–Trinajstić information content (AvgIpc) is 2.99. The molecular weight excluding hydrogens is 364 g/mol.